The Morgan fingerprint density at radius 2 is 1.82 bits per heavy atom. The Labute approximate surface area is 240 Å². The molecule has 0 fully saturated rings. The number of hydrogen-bond donors (Lipinski definition) is 3. The van der Waals surface area contributed by atoms with Crippen LogP contribution in [0.15, 0.2) is 60.7 Å². The summed E-state index contributed by atoms with van der Waals surface area (Å²) in [5.74, 6) is 1.93. The third kappa shape index (κ3) is 5.94. The number of fused-ring (bicyclic) bond motifs is 1. The van der Waals surface area contributed by atoms with Crippen LogP contribution in [0.25, 0.3) is 33.5 Å². The Kier molecular flexibility index (Phi) is 8.30. The van der Waals surface area contributed by atoms with Gasteiger partial charge in [-0.05, 0) is 65.3 Å². The molecule has 0 spiro atoms. The fourth-order valence-corrected chi connectivity index (χ4v) is 5.55. The van der Waals surface area contributed by atoms with E-state index in [1.807, 2.05) is 37.3 Å². The largest absolute Gasteiger partial charge is 0.325 e. The lowest BCUT2D eigenvalue weighted by Gasteiger charge is -2.15. The first-order chi connectivity index (χ1) is 19.3. The van der Waals surface area contributed by atoms with Crippen LogP contribution in [0.2, 0.25) is 0 Å². The first kappa shape index (κ1) is 27.6. The minimum absolute atomic E-state index is 0.0766. The number of imidazole rings is 1. The van der Waals surface area contributed by atoms with Crippen LogP contribution < -0.4 is 5.32 Å². The molecule has 0 bridgehead atoms. The summed E-state index contributed by atoms with van der Waals surface area (Å²) in [4.78, 5) is 17.8. The molecule has 0 saturated heterocycles. The van der Waals surface area contributed by atoms with Crippen molar-refractivity contribution in [2.75, 3.05) is 5.32 Å². The van der Waals surface area contributed by atoms with E-state index in [1.54, 1.807) is 0 Å². The van der Waals surface area contributed by atoms with Crippen molar-refractivity contribution in [2.45, 2.75) is 58.8 Å². The Morgan fingerprint density at radius 1 is 1.07 bits per heavy atom. The zero-order valence-corrected chi connectivity index (χ0v) is 24.2. The highest BCUT2D eigenvalue weighted by atomic mass is 32.1. The van der Waals surface area contributed by atoms with Crippen molar-refractivity contribution in [1.82, 2.24) is 30.2 Å². The van der Waals surface area contributed by atoms with E-state index < -0.39 is 0 Å². The number of carbonyl (C=O) groups excluding carboxylic acids is 1. The van der Waals surface area contributed by atoms with E-state index in [0.717, 1.165) is 69.6 Å². The van der Waals surface area contributed by atoms with Crippen LogP contribution in [0.3, 0.4) is 0 Å². The van der Waals surface area contributed by atoms with Crippen LogP contribution in [-0.4, -0.2) is 41.3 Å². The lowest BCUT2D eigenvalue weighted by molar-refractivity contribution is -0.115. The lowest BCUT2D eigenvalue weighted by atomic mass is 9.98. The van der Waals surface area contributed by atoms with Gasteiger partial charge in [-0.25, -0.2) is 4.98 Å². The normalized spacial score (nSPS) is 12.2. The van der Waals surface area contributed by atoms with Crippen LogP contribution in [0.4, 0.5) is 5.69 Å². The van der Waals surface area contributed by atoms with Crippen LogP contribution in [0.1, 0.15) is 50.6 Å². The van der Waals surface area contributed by atoms with Crippen LogP contribution in [0.5, 0.6) is 0 Å². The smallest absolute Gasteiger partial charge is 0.237 e. The number of tetrazole rings is 1. The van der Waals surface area contributed by atoms with Crippen molar-refractivity contribution in [1.29, 1.82) is 0 Å². The van der Waals surface area contributed by atoms with E-state index in [9.17, 15) is 4.79 Å². The van der Waals surface area contributed by atoms with Gasteiger partial charge in [-0.15, -0.1) is 10.2 Å². The summed E-state index contributed by atoms with van der Waals surface area (Å²) in [6.07, 6.45) is 2.59. The molecule has 2 heterocycles. The number of benzene rings is 3. The van der Waals surface area contributed by atoms with Gasteiger partial charge >= 0.3 is 0 Å². The predicted octanol–water partition coefficient (Wildman–Crippen LogP) is 6.48. The zero-order chi connectivity index (χ0) is 28.2. The molecule has 40 heavy (non-hydrogen) atoms. The number of rotatable bonds is 10. The highest BCUT2D eigenvalue weighted by Gasteiger charge is 2.18. The minimum atomic E-state index is -0.347. The maximum absolute atomic E-state index is 12.8. The lowest BCUT2D eigenvalue weighted by Crippen LogP contribution is -2.24. The molecule has 0 unspecified atom stereocenters. The van der Waals surface area contributed by atoms with Crippen LogP contribution in [-0.2, 0) is 17.8 Å². The van der Waals surface area contributed by atoms with Gasteiger partial charge in [-0.2, -0.15) is 17.8 Å². The summed E-state index contributed by atoms with van der Waals surface area (Å²) >= 11 is 4.53. The fraction of sp³-hybridized carbons (Fsp3) is 0.323. The van der Waals surface area contributed by atoms with Crippen molar-refractivity contribution in [3.05, 3.63) is 77.6 Å². The number of amides is 1. The molecule has 3 aromatic carbocycles. The second kappa shape index (κ2) is 12.0. The van der Waals surface area contributed by atoms with Gasteiger partial charge in [0.1, 0.15) is 5.82 Å². The molecule has 0 saturated carbocycles. The Balaban J connectivity index is 1.45. The number of nitrogens with zero attached hydrogens (tertiary/aromatic N) is 5. The van der Waals surface area contributed by atoms with Gasteiger partial charge in [-0.3, -0.25) is 4.79 Å². The quantitative estimate of drug-likeness (QED) is 0.172. The van der Waals surface area contributed by atoms with Crippen molar-refractivity contribution < 1.29 is 4.79 Å². The average molecular weight is 554 g/mol. The van der Waals surface area contributed by atoms with Gasteiger partial charge in [0.05, 0.1) is 16.3 Å². The number of anilines is 1. The summed E-state index contributed by atoms with van der Waals surface area (Å²) in [6.45, 7) is 9.09. The molecule has 0 aliphatic heterocycles. The van der Waals surface area contributed by atoms with E-state index >= 15 is 0 Å². The number of thiol groups is 1. The minimum Gasteiger partial charge on any atom is -0.325 e. The van der Waals surface area contributed by atoms with Gasteiger partial charge in [0.25, 0.3) is 0 Å². The second-order valence-electron chi connectivity index (χ2n) is 10.6. The van der Waals surface area contributed by atoms with E-state index in [-0.39, 0.29) is 11.2 Å². The van der Waals surface area contributed by atoms with Gasteiger partial charge in [-0.1, -0.05) is 69.3 Å². The maximum Gasteiger partial charge on any atom is 0.237 e. The van der Waals surface area contributed by atoms with E-state index in [4.69, 9.17) is 4.98 Å². The standard InChI is InChI=1S/C31H35N7OS/c1-5-8-28-33-29-20(4)16-23(32-31(39)27(40)15-19(2)3)17-26(29)38(28)18-21-11-13-22(14-12-21)24-9-6-7-10-25(24)30-34-36-37-35-30/h6-7,9-14,16-17,19,27,40H,5,8,15,18H2,1-4H3,(H,32,39)(H,34,35,36,37)/t27-/m0/s1. The highest BCUT2D eigenvalue weighted by Crippen LogP contribution is 2.31. The molecular formula is C31H35N7OS. The third-order valence-electron chi connectivity index (χ3n) is 6.98. The Hall–Kier alpha value is -3.98. The molecule has 2 N–H and O–H groups in total. The number of nitrogens with one attached hydrogen (secondary N) is 2. The molecule has 9 heteroatoms. The Morgan fingerprint density at radius 3 is 2.50 bits per heavy atom. The second-order valence-corrected chi connectivity index (χ2v) is 11.3. The summed E-state index contributed by atoms with van der Waals surface area (Å²) in [7, 11) is 0. The predicted molar refractivity (Wildman–Crippen MR) is 163 cm³/mol. The third-order valence-corrected chi connectivity index (χ3v) is 7.43. The number of aryl methyl sites for hydroxylation is 2. The summed E-state index contributed by atoms with van der Waals surface area (Å²) in [6, 6.07) is 20.7. The van der Waals surface area contributed by atoms with Gasteiger partial charge in [0.2, 0.25) is 11.7 Å². The molecule has 1 amide bonds. The van der Waals surface area contributed by atoms with Crippen molar-refractivity contribution in [2.24, 2.45) is 5.92 Å². The molecule has 5 rings (SSSR count). The molecule has 0 aliphatic rings. The first-order valence-electron chi connectivity index (χ1n) is 13.7. The fourth-order valence-electron chi connectivity index (χ4n) is 5.06. The first-order valence-corrected chi connectivity index (χ1v) is 14.3. The van der Waals surface area contributed by atoms with Crippen LogP contribution in [0, 0.1) is 12.8 Å². The Bertz CT molecular complexity index is 1610. The topological polar surface area (TPSA) is 101 Å². The number of aromatic amines is 1. The molecule has 0 radical (unpaired) electrons. The highest BCUT2D eigenvalue weighted by molar-refractivity contribution is 7.81. The zero-order valence-electron chi connectivity index (χ0n) is 23.3. The van der Waals surface area contributed by atoms with E-state index in [1.165, 1.54) is 0 Å². The average Bonchev–Trinajstić information content (AvgIpc) is 3.59. The SMILES string of the molecule is CCCc1nc2c(C)cc(NC(=O)[C@@H](S)CC(C)C)cc2n1Cc1ccc(-c2ccccc2-c2nn[nH]n2)cc1. The van der Waals surface area contributed by atoms with Crippen molar-refractivity contribution in [3.63, 3.8) is 0 Å². The molecule has 5 aromatic rings. The van der Waals surface area contributed by atoms with Crippen molar-refractivity contribution in [3.8, 4) is 22.5 Å². The maximum atomic E-state index is 12.8. The van der Waals surface area contributed by atoms with Crippen LogP contribution >= 0.6 is 12.6 Å². The number of aromatic nitrogens is 6. The molecular weight excluding hydrogens is 518 g/mol. The van der Waals surface area contributed by atoms with Gasteiger partial charge in [0.15, 0.2) is 0 Å². The number of carbonyl (C=O) groups is 1. The summed E-state index contributed by atoms with van der Waals surface area (Å²) in [5, 5.41) is 17.3. The number of hydrogen-bond acceptors (Lipinski definition) is 6. The van der Waals surface area contributed by atoms with Gasteiger partial charge < -0.3 is 9.88 Å². The molecule has 206 valence electrons. The monoisotopic (exact) mass is 553 g/mol. The molecule has 1 atom stereocenters. The molecule has 8 nitrogen and oxygen atoms in total. The summed E-state index contributed by atoms with van der Waals surface area (Å²) < 4.78 is 2.27. The van der Waals surface area contributed by atoms with Gasteiger partial charge in [0, 0.05) is 24.2 Å². The van der Waals surface area contributed by atoms with Crippen molar-refractivity contribution >= 4 is 35.3 Å². The van der Waals surface area contributed by atoms with E-state index in [0.29, 0.717) is 18.3 Å². The number of H-pyrrole nitrogens is 1. The molecule has 0 aliphatic carbocycles. The summed E-state index contributed by atoms with van der Waals surface area (Å²) in [5.41, 5.74) is 8.02. The molecule has 2 aromatic heterocycles. The van der Waals surface area contributed by atoms with E-state index in [2.05, 4.69) is 94.2 Å².